The van der Waals surface area contributed by atoms with Crippen LogP contribution < -0.4 is 30.1 Å². The lowest BCUT2D eigenvalue weighted by Crippen LogP contribution is -2.46. The number of carbonyl (C=O) groups is 1. The minimum atomic E-state index is -0.284. The van der Waals surface area contributed by atoms with Gasteiger partial charge in [-0.15, -0.1) is 0 Å². The fourth-order valence-corrected chi connectivity index (χ4v) is 6.13. The first kappa shape index (κ1) is 32.8. The Balaban J connectivity index is 1.21. The first-order chi connectivity index (χ1) is 23.5. The van der Waals surface area contributed by atoms with Gasteiger partial charge in [-0.25, -0.2) is 15.0 Å². The van der Waals surface area contributed by atoms with E-state index < -0.39 is 0 Å². The van der Waals surface area contributed by atoms with E-state index in [9.17, 15) is 4.79 Å². The van der Waals surface area contributed by atoms with Gasteiger partial charge >= 0.3 is 0 Å². The Morgan fingerprint density at radius 1 is 1.02 bits per heavy atom. The largest absolute Gasteiger partial charge is 0.494 e. The van der Waals surface area contributed by atoms with Gasteiger partial charge in [0.25, 0.3) is 0 Å². The van der Waals surface area contributed by atoms with Gasteiger partial charge in [0.05, 0.1) is 36.8 Å². The lowest BCUT2D eigenvalue weighted by atomic mass is 10.0. The second kappa shape index (κ2) is 15.6. The number of aromatic nitrogens is 2. The van der Waals surface area contributed by atoms with Crippen LogP contribution in [0.1, 0.15) is 36.9 Å². The molecule has 0 bridgehead atoms. The predicted molar refractivity (Wildman–Crippen MR) is 189 cm³/mol. The summed E-state index contributed by atoms with van der Waals surface area (Å²) in [4.78, 5) is 32.4. The number of methoxy groups -OCH3 is 1. The van der Waals surface area contributed by atoms with Gasteiger partial charge in [-0.3, -0.25) is 14.5 Å². The molecule has 0 spiro atoms. The summed E-state index contributed by atoms with van der Waals surface area (Å²) in [6.07, 6.45) is 4.70. The summed E-state index contributed by atoms with van der Waals surface area (Å²) in [7, 11) is 1.64. The second-order valence-electron chi connectivity index (χ2n) is 11.8. The van der Waals surface area contributed by atoms with E-state index in [0.717, 1.165) is 68.1 Å². The lowest BCUT2D eigenvalue weighted by molar-refractivity contribution is -0.111. The van der Waals surface area contributed by atoms with Crippen molar-refractivity contribution in [2.75, 3.05) is 67.0 Å². The number of hydrogen-bond donors (Lipinski definition) is 2. The summed E-state index contributed by atoms with van der Waals surface area (Å²) in [6, 6.07) is 23.9. The minimum absolute atomic E-state index is 0.0552. The molecule has 0 aliphatic carbocycles. The van der Waals surface area contributed by atoms with Crippen molar-refractivity contribution < 1.29 is 19.1 Å². The zero-order valence-corrected chi connectivity index (χ0v) is 27.6. The maximum Gasteiger partial charge on any atom is 0.247 e. The number of piperazine rings is 1. The van der Waals surface area contributed by atoms with E-state index in [1.54, 1.807) is 7.11 Å². The molecular formula is C37H43N7O4. The predicted octanol–water partition coefficient (Wildman–Crippen LogP) is 6.35. The fourth-order valence-electron chi connectivity index (χ4n) is 6.13. The third-order valence-corrected chi connectivity index (χ3v) is 8.55. The highest BCUT2D eigenvalue weighted by atomic mass is 16.7. The Kier molecular flexibility index (Phi) is 10.7. The highest BCUT2D eigenvalue weighted by Gasteiger charge is 2.30. The SMILES string of the molecule is C=CC(=O)Nc1cc(Nc2cc(N3OCCC3c3cccc(OCc4ccccc4)c3)ncn2)c(OC)cc1N1CCN(CCC)CC1. The van der Waals surface area contributed by atoms with Gasteiger partial charge in [-0.05, 0) is 48.4 Å². The molecule has 1 unspecified atom stereocenters. The summed E-state index contributed by atoms with van der Waals surface area (Å²) in [5, 5.41) is 8.21. The number of amides is 1. The maximum atomic E-state index is 12.5. The van der Waals surface area contributed by atoms with Crippen LogP contribution in [0.4, 0.5) is 28.7 Å². The van der Waals surface area contributed by atoms with E-state index in [1.165, 1.54) is 12.4 Å². The van der Waals surface area contributed by atoms with Gasteiger partial charge in [-0.2, -0.15) is 0 Å². The molecule has 1 amide bonds. The second-order valence-corrected chi connectivity index (χ2v) is 11.8. The van der Waals surface area contributed by atoms with Crippen molar-refractivity contribution in [3.63, 3.8) is 0 Å². The van der Waals surface area contributed by atoms with E-state index in [0.29, 0.717) is 42.0 Å². The van der Waals surface area contributed by atoms with E-state index in [4.69, 9.17) is 14.3 Å². The van der Waals surface area contributed by atoms with Crippen LogP contribution in [0.15, 0.2) is 91.8 Å². The van der Waals surface area contributed by atoms with Gasteiger partial charge in [0.2, 0.25) is 5.91 Å². The third-order valence-electron chi connectivity index (χ3n) is 8.55. The lowest BCUT2D eigenvalue weighted by Gasteiger charge is -2.37. The van der Waals surface area contributed by atoms with Crippen LogP contribution in [-0.4, -0.2) is 67.2 Å². The Hall–Kier alpha value is -5.13. The molecule has 2 aliphatic rings. The minimum Gasteiger partial charge on any atom is -0.494 e. The molecule has 4 aromatic rings. The molecule has 1 aromatic heterocycles. The van der Waals surface area contributed by atoms with Crippen LogP contribution in [0, 0.1) is 0 Å². The Morgan fingerprint density at radius 3 is 2.62 bits per heavy atom. The number of nitrogens with one attached hydrogen (secondary N) is 2. The number of hydrogen-bond acceptors (Lipinski definition) is 10. The normalized spacial score (nSPS) is 16.4. The number of anilines is 5. The van der Waals surface area contributed by atoms with Crippen molar-refractivity contribution in [2.45, 2.75) is 32.4 Å². The Bertz CT molecular complexity index is 1690. The summed E-state index contributed by atoms with van der Waals surface area (Å²) in [5.74, 6) is 2.31. The Morgan fingerprint density at radius 2 is 1.85 bits per heavy atom. The number of carbonyl (C=O) groups excluding carboxylic acids is 1. The maximum absolute atomic E-state index is 12.5. The highest BCUT2D eigenvalue weighted by molar-refractivity contribution is 6.02. The van der Waals surface area contributed by atoms with Crippen LogP contribution >= 0.6 is 0 Å². The molecule has 2 saturated heterocycles. The number of rotatable bonds is 13. The molecule has 11 nitrogen and oxygen atoms in total. The smallest absolute Gasteiger partial charge is 0.247 e. The first-order valence-corrected chi connectivity index (χ1v) is 16.4. The standard InChI is InChI=1S/C37H43N7O4/c1-4-15-42-16-18-43(19-17-42)33-23-34(46-3)31(22-30(33)41-37(45)5-2)40-35-24-36(39-26-38-35)44-32(14-20-48-44)28-12-9-13-29(21-28)47-25-27-10-7-6-8-11-27/h5-13,21-24,26,32H,2,4,14-20,25H2,1,3H3,(H,41,45)(H,38,39,40). The summed E-state index contributed by atoms with van der Waals surface area (Å²) >= 11 is 0. The fraction of sp³-hybridized carbons (Fsp3) is 0.324. The van der Waals surface area contributed by atoms with Crippen molar-refractivity contribution in [3.05, 3.63) is 103 Å². The van der Waals surface area contributed by atoms with Crippen molar-refractivity contribution in [1.82, 2.24) is 14.9 Å². The van der Waals surface area contributed by atoms with Crippen LogP contribution in [-0.2, 0) is 16.2 Å². The average molecular weight is 650 g/mol. The number of nitrogens with zero attached hydrogens (tertiary/aromatic N) is 5. The molecule has 3 aromatic carbocycles. The molecule has 2 N–H and O–H groups in total. The molecule has 0 saturated carbocycles. The molecule has 2 aliphatic heterocycles. The molecule has 11 heteroatoms. The average Bonchev–Trinajstić information content (AvgIpc) is 3.63. The zero-order chi connectivity index (χ0) is 33.3. The zero-order valence-electron chi connectivity index (χ0n) is 27.6. The van der Waals surface area contributed by atoms with Crippen LogP contribution in [0.2, 0.25) is 0 Å². The van der Waals surface area contributed by atoms with Crippen LogP contribution in [0.25, 0.3) is 0 Å². The van der Waals surface area contributed by atoms with E-state index in [-0.39, 0.29) is 11.9 Å². The molecule has 3 heterocycles. The van der Waals surface area contributed by atoms with E-state index in [1.807, 2.05) is 53.6 Å². The monoisotopic (exact) mass is 649 g/mol. The van der Waals surface area contributed by atoms with Crippen LogP contribution in [0.5, 0.6) is 11.5 Å². The number of ether oxygens (including phenoxy) is 2. The summed E-state index contributed by atoms with van der Waals surface area (Å²) in [6.45, 7) is 11.6. The number of benzene rings is 3. The van der Waals surface area contributed by atoms with Gasteiger partial charge in [0.15, 0.2) is 5.82 Å². The summed E-state index contributed by atoms with van der Waals surface area (Å²) < 4.78 is 11.9. The van der Waals surface area contributed by atoms with Gasteiger partial charge < -0.3 is 25.0 Å². The van der Waals surface area contributed by atoms with E-state index >= 15 is 0 Å². The molecular weight excluding hydrogens is 606 g/mol. The van der Waals surface area contributed by atoms with Crippen LogP contribution in [0.3, 0.4) is 0 Å². The molecule has 6 rings (SSSR count). The molecule has 0 radical (unpaired) electrons. The van der Waals surface area contributed by atoms with Gasteiger partial charge in [-0.1, -0.05) is 56.0 Å². The summed E-state index contributed by atoms with van der Waals surface area (Å²) in [5.41, 5.74) is 4.40. The molecule has 2 fully saturated rings. The van der Waals surface area contributed by atoms with Crippen molar-refractivity contribution in [1.29, 1.82) is 0 Å². The highest BCUT2D eigenvalue weighted by Crippen LogP contribution is 2.40. The number of hydroxylamine groups is 1. The third kappa shape index (κ3) is 7.87. The molecule has 250 valence electrons. The first-order valence-electron chi connectivity index (χ1n) is 16.4. The van der Waals surface area contributed by atoms with Crippen molar-refractivity contribution in [2.24, 2.45) is 0 Å². The topological polar surface area (TPSA) is 104 Å². The van der Waals surface area contributed by atoms with Gasteiger partial charge in [0, 0.05) is 44.7 Å². The quantitative estimate of drug-likeness (QED) is 0.159. The van der Waals surface area contributed by atoms with Gasteiger partial charge in [0.1, 0.15) is 30.3 Å². The van der Waals surface area contributed by atoms with E-state index in [2.05, 4.69) is 68.2 Å². The Labute approximate surface area is 282 Å². The molecule has 48 heavy (non-hydrogen) atoms. The van der Waals surface area contributed by atoms with Crippen molar-refractivity contribution in [3.8, 4) is 11.5 Å². The molecule has 1 atom stereocenters. The van der Waals surface area contributed by atoms with Crippen molar-refractivity contribution >= 4 is 34.6 Å².